The van der Waals surface area contributed by atoms with Crippen LogP contribution in [0.3, 0.4) is 0 Å². The summed E-state index contributed by atoms with van der Waals surface area (Å²) < 4.78 is 0. The zero-order valence-corrected chi connectivity index (χ0v) is 14.1. The third-order valence-electron chi connectivity index (χ3n) is 5.27. The van der Waals surface area contributed by atoms with Gasteiger partial charge in [-0.3, -0.25) is 0 Å². The molecule has 2 N–H and O–H groups in total. The smallest absolute Gasteiger partial charge is 0.123 e. The van der Waals surface area contributed by atoms with E-state index in [9.17, 15) is 10.2 Å². The van der Waals surface area contributed by atoms with Gasteiger partial charge in [-0.25, -0.2) is 0 Å². The van der Waals surface area contributed by atoms with E-state index in [0.29, 0.717) is 11.5 Å². The second-order valence-electron chi connectivity index (χ2n) is 6.61. The van der Waals surface area contributed by atoms with Gasteiger partial charge in [-0.15, -0.1) is 0 Å². The standard InChI is InChI=1S/C20H22O2.S/c21-17-11-9-13-5-1-3-7-15(13)19(17)20-16-8-4-2-6-14(16)10-12-18(20)22;/h9-12,21-22H,1-8H2;. The molecule has 2 radical (unpaired) electrons. The summed E-state index contributed by atoms with van der Waals surface area (Å²) in [7, 11) is 0. The summed E-state index contributed by atoms with van der Waals surface area (Å²) in [6.45, 7) is 0. The van der Waals surface area contributed by atoms with Crippen molar-refractivity contribution in [2.45, 2.75) is 51.4 Å². The molecule has 0 unspecified atom stereocenters. The predicted octanol–water partition coefficient (Wildman–Crippen LogP) is 5.17. The SMILES string of the molecule is Oc1ccc2c(c1-c1c(O)ccc3c1CCCC3)CCCC2.[S]. The molecule has 0 aromatic heterocycles. The van der Waals surface area contributed by atoms with E-state index in [1.165, 1.54) is 47.9 Å². The van der Waals surface area contributed by atoms with Crippen LogP contribution in [0.15, 0.2) is 24.3 Å². The van der Waals surface area contributed by atoms with Gasteiger partial charge in [-0.2, -0.15) is 0 Å². The van der Waals surface area contributed by atoms with Crippen molar-refractivity contribution in [2.75, 3.05) is 0 Å². The molecule has 0 bridgehead atoms. The topological polar surface area (TPSA) is 40.5 Å². The number of rotatable bonds is 1. The van der Waals surface area contributed by atoms with E-state index in [-0.39, 0.29) is 13.5 Å². The zero-order chi connectivity index (χ0) is 15.1. The summed E-state index contributed by atoms with van der Waals surface area (Å²) in [4.78, 5) is 0. The van der Waals surface area contributed by atoms with Crippen LogP contribution in [0.25, 0.3) is 11.1 Å². The van der Waals surface area contributed by atoms with Crippen LogP contribution in [0, 0.1) is 0 Å². The van der Waals surface area contributed by atoms with Crippen molar-refractivity contribution >= 4 is 13.5 Å². The molecule has 3 heteroatoms. The first-order chi connectivity index (χ1) is 10.8. The number of hydrogen-bond donors (Lipinski definition) is 2. The van der Waals surface area contributed by atoms with Crippen molar-refractivity contribution in [1.29, 1.82) is 0 Å². The van der Waals surface area contributed by atoms with E-state index in [1.54, 1.807) is 12.1 Å². The van der Waals surface area contributed by atoms with Gasteiger partial charge in [0.2, 0.25) is 0 Å². The summed E-state index contributed by atoms with van der Waals surface area (Å²) in [6.07, 6.45) is 8.94. The molecule has 0 spiro atoms. The largest absolute Gasteiger partial charge is 0.507 e. The van der Waals surface area contributed by atoms with Gasteiger partial charge < -0.3 is 10.2 Å². The molecule has 0 fully saturated rings. The Morgan fingerprint density at radius 3 is 1.39 bits per heavy atom. The first-order valence-corrected chi connectivity index (χ1v) is 8.43. The summed E-state index contributed by atoms with van der Waals surface area (Å²) in [5, 5.41) is 21.1. The minimum atomic E-state index is 0. The Morgan fingerprint density at radius 1 is 0.565 bits per heavy atom. The van der Waals surface area contributed by atoms with E-state index in [0.717, 1.165) is 36.8 Å². The number of aryl methyl sites for hydroxylation is 2. The maximum atomic E-state index is 10.5. The van der Waals surface area contributed by atoms with Gasteiger partial charge >= 0.3 is 0 Å². The summed E-state index contributed by atoms with van der Waals surface area (Å²) in [6, 6.07) is 7.72. The predicted molar refractivity (Wildman–Crippen MR) is 96.1 cm³/mol. The lowest BCUT2D eigenvalue weighted by molar-refractivity contribution is 0.466. The Bertz CT molecular complexity index is 673. The van der Waals surface area contributed by atoms with Crippen LogP contribution in [-0.2, 0) is 25.7 Å². The highest BCUT2D eigenvalue weighted by Gasteiger charge is 2.24. The highest BCUT2D eigenvalue weighted by atomic mass is 32.1. The third kappa shape index (κ3) is 2.72. The number of phenolic OH excluding ortho intramolecular Hbond substituents is 2. The van der Waals surface area contributed by atoms with Crippen LogP contribution in [0.5, 0.6) is 11.5 Å². The zero-order valence-electron chi connectivity index (χ0n) is 13.3. The van der Waals surface area contributed by atoms with Crippen LogP contribution in [0.4, 0.5) is 0 Å². The van der Waals surface area contributed by atoms with Gasteiger partial charge in [0, 0.05) is 24.6 Å². The molecule has 120 valence electrons. The first-order valence-electron chi connectivity index (χ1n) is 8.43. The molecule has 0 saturated carbocycles. The molecule has 2 nitrogen and oxygen atoms in total. The molecule has 0 heterocycles. The molecule has 2 aromatic rings. The Hall–Kier alpha value is -1.61. The molecular weight excluding hydrogens is 304 g/mol. The molecule has 0 atom stereocenters. The monoisotopic (exact) mass is 326 g/mol. The maximum Gasteiger partial charge on any atom is 0.123 e. The molecule has 2 aliphatic carbocycles. The first kappa shape index (κ1) is 16.3. The van der Waals surface area contributed by atoms with Crippen LogP contribution < -0.4 is 0 Å². The summed E-state index contributed by atoms with van der Waals surface area (Å²) >= 11 is 0. The number of fused-ring (bicyclic) bond motifs is 2. The molecule has 0 aliphatic heterocycles. The van der Waals surface area contributed by atoms with Crippen LogP contribution >= 0.6 is 13.5 Å². The van der Waals surface area contributed by atoms with Crippen molar-refractivity contribution in [3.05, 3.63) is 46.5 Å². The van der Waals surface area contributed by atoms with Gasteiger partial charge in [0.05, 0.1) is 0 Å². The number of hydrogen-bond acceptors (Lipinski definition) is 2. The van der Waals surface area contributed by atoms with E-state index >= 15 is 0 Å². The minimum Gasteiger partial charge on any atom is -0.507 e. The highest BCUT2D eigenvalue weighted by molar-refractivity contribution is 7.59. The second-order valence-corrected chi connectivity index (χ2v) is 6.61. The fourth-order valence-corrected chi connectivity index (χ4v) is 4.19. The lowest BCUT2D eigenvalue weighted by atomic mass is 9.80. The van der Waals surface area contributed by atoms with Crippen molar-refractivity contribution in [3.63, 3.8) is 0 Å². The van der Waals surface area contributed by atoms with Gasteiger partial charge in [-0.1, -0.05) is 12.1 Å². The van der Waals surface area contributed by atoms with Crippen molar-refractivity contribution in [1.82, 2.24) is 0 Å². The third-order valence-corrected chi connectivity index (χ3v) is 5.27. The second kappa shape index (κ2) is 6.48. The number of benzene rings is 2. The highest BCUT2D eigenvalue weighted by Crippen LogP contribution is 2.45. The Labute approximate surface area is 144 Å². The van der Waals surface area contributed by atoms with Gasteiger partial charge in [0.25, 0.3) is 0 Å². The average Bonchev–Trinajstić information content (AvgIpc) is 2.56. The molecule has 0 saturated heterocycles. The number of phenols is 2. The summed E-state index contributed by atoms with van der Waals surface area (Å²) in [5.41, 5.74) is 6.97. The van der Waals surface area contributed by atoms with Gasteiger partial charge in [-0.05, 0) is 85.8 Å². The molecule has 2 aliphatic rings. The van der Waals surface area contributed by atoms with Crippen LogP contribution in [-0.4, -0.2) is 10.2 Å². The normalized spacial score (nSPS) is 16.2. The van der Waals surface area contributed by atoms with E-state index in [1.807, 2.05) is 0 Å². The van der Waals surface area contributed by atoms with Crippen LogP contribution in [0.2, 0.25) is 0 Å². The molecule has 4 rings (SSSR count). The average molecular weight is 326 g/mol. The van der Waals surface area contributed by atoms with Crippen LogP contribution in [0.1, 0.15) is 47.9 Å². The maximum absolute atomic E-state index is 10.5. The Morgan fingerprint density at radius 2 is 0.957 bits per heavy atom. The lowest BCUT2D eigenvalue weighted by Crippen LogP contribution is -2.08. The van der Waals surface area contributed by atoms with E-state index in [4.69, 9.17) is 0 Å². The summed E-state index contributed by atoms with van der Waals surface area (Å²) in [5.74, 6) is 0.629. The van der Waals surface area contributed by atoms with Crippen molar-refractivity contribution in [2.24, 2.45) is 0 Å². The van der Waals surface area contributed by atoms with Gasteiger partial charge in [0.15, 0.2) is 0 Å². The Kier molecular flexibility index (Phi) is 4.58. The molecule has 2 aromatic carbocycles. The van der Waals surface area contributed by atoms with Gasteiger partial charge in [0.1, 0.15) is 11.5 Å². The quantitative estimate of drug-likeness (QED) is 0.759. The fraction of sp³-hybridized carbons (Fsp3) is 0.400. The van der Waals surface area contributed by atoms with Crippen molar-refractivity contribution < 1.29 is 10.2 Å². The lowest BCUT2D eigenvalue weighted by Gasteiger charge is -2.25. The molecule has 23 heavy (non-hydrogen) atoms. The number of aromatic hydroxyl groups is 2. The fourth-order valence-electron chi connectivity index (χ4n) is 4.19. The van der Waals surface area contributed by atoms with Crippen molar-refractivity contribution in [3.8, 4) is 22.6 Å². The Balaban J connectivity index is 0.00000156. The minimum absolute atomic E-state index is 0. The molecular formula is C20H22O2S. The van der Waals surface area contributed by atoms with E-state index in [2.05, 4.69) is 12.1 Å². The van der Waals surface area contributed by atoms with E-state index < -0.39 is 0 Å². The molecule has 0 amide bonds.